The Balaban J connectivity index is 2.69. The normalized spacial score (nSPS) is 20.3. The van der Waals surface area contributed by atoms with Gasteiger partial charge in [-0.15, -0.1) is 0 Å². The number of aliphatic carboxylic acids is 1. The Morgan fingerprint density at radius 1 is 1.33 bits per heavy atom. The summed E-state index contributed by atoms with van der Waals surface area (Å²) < 4.78 is 5.29. The first kappa shape index (κ1) is 15.0. The second kappa shape index (κ2) is 6.18. The Kier molecular flexibility index (Phi) is 5.14. The minimum absolute atomic E-state index is 0.0556. The van der Waals surface area contributed by atoms with Crippen LogP contribution in [0.5, 0.6) is 0 Å². The molecule has 0 aliphatic carbocycles. The number of hydrogen-bond acceptors (Lipinski definition) is 3. The summed E-state index contributed by atoms with van der Waals surface area (Å²) in [5.74, 6) is -1.07. The van der Waals surface area contributed by atoms with Crippen LogP contribution < -0.4 is 0 Å². The maximum absolute atomic E-state index is 12.2. The summed E-state index contributed by atoms with van der Waals surface area (Å²) in [5.41, 5.74) is -0.996. The first-order valence-corrected chi connectivity index (χ1v) is 6.47. The Labute approximate surface area is 108 Å². The fourth-order valence-electron chi connectivity index (χ4n) is 1.95. The maximum Gasteiger partial charge on any atom is 0.310 e. The zero-order valence-electron chi connectivity index (χ0n) is 11.4. The van der Waals surface area contributed by atoms with E-state index in [1.165, 1.54) is 0 Å². The highest BCUT2D eigenvalue weighted by Crippen LogP contribution is 2.32. The van der Waals surface area contributed by atoms with Crippen molar-refractivity contribution in [3.8, 4) is 0 Å². The zero-order valence-corrected chi connectivity index (χ0v) is 11.4. The van der Waals surface area contributed by atoms with Gasteiger partial charge in [-0.25, -0.2) is 0 Å². The second-order valence-corrected chi connectivity index (χ2v) is 5.40. The largest absolute Gasteiger partial charge is 0.481 e. The Hall–Kier alpha value is -1.10. The van der Waals surface area contributed by atoms with Crippen molar-refractivity contribution in [2.75, 3.05) is 26.3 Å². The van der Waals surface area contributed by atoms with E-state index in [4.69, 9.17) is 4.74 Å². The molecule has 0 aromatic carbocycles. The molecule has 1 N–H and O–H groups in total. The summed E-state index contributed by atoms with van der Waals surface area (Å²) in [5, 5.41) is 9.31. The average Bonchev–Trinajstić information content (AvgIpc) is 2.56. The third-order valence-corrected chi connectivity index (χ3v) is 3.86. The first-order chi connectivity index (χ1) is 8.38. The lowest BCUT2D eigenvalue weighted by Gasteiger charge is -2.31. The predicted octanol–water partition coefficient (Wildman–Crippen LogP) is 1.37. The monoisotopic (exact) mass is 257 g/mol. The van der Waals surface area contributed by atoms with Crippen molar-refractivity contribution in [1.29, 1.82) is 0 Å². The zero-order chi connectivity index (χ0) is 13.8. The molecule has 1 amide bonds. The number of hydrogen-bond donors (Lipinski definition) is 1. The van der Waals surface area contributed by atoms with E-state index in [9.17, 15) is 14.7 Å². The molecule has 0 bridgehead atoms. The van der Waals surface area contributed by atoms with Gasteiger partial charge < -0.3 is 14.7 Å². The number of carboxylic acid groups (broad SMARTS) is 1. The molecular formula is C13H23NO4. The molecule has 0 radical (unpaired) electrons. The van der Waals surface area contributed by atoms with Crippen LogP contribution >= 0.6 is 0 Å². The molecule has 1 aliphatic heterocycles. The summed E-state index contributed by atoms with van der Waals surface area (Å²) in [6.07, 6.45) is 0.872. The van der Waals surface area contributed by atoms with E-state index >= 15 is 0 Å². The summed E-state index contributed by atoms with van der Waals surface area (Å²) in [4.78, 5) is 25.3. The van der Waals surface area contributed by atoms with Gasteiger partial charge >= 0.3 is 5.97 Å². The van der Waals surface area contributed by atoms with Crippen molar-refractivity contribution >= 4 is 11.9 Å². The fraction of sp³-hybridized carbons (Fsp3) is 0.846. The smallest absolute Gasteiger partial charge is 0.310 e. The van der Waals surface area contributed by atoms with Gasteiger partial charge in [0.1, 0.15) is 0 Å². The van der Waals surface area contributed by atoms with Gasteiger partial charge in [-0.3, -0.25) is 9.59 Å². The molecule has 1 saturated heterocycles. The van der Waals surface area contributed by atoms with Crippen molar-refractivity contribution in [2.45, 2.75) is 33.6 Å². The van der Waals surface area contributed by atoms with Crippen LogP contribution in [0, 0.1) is 11.3 Å². The van der Waals surface area contributed by atoms with Gasteiger partial charge in [0.25, 0.3) is 0 Å². The number of rotatable bonds is 4. The highest BCUT2D eigenvalue weighted by Gasteiger charge is 2.39. The lowest BCUT2D eigenvalue weighted by atomic mass is 9.76. The van der Waals surface area contributed by atoms with Crippen molar-refractivity contribution in [3.05, 3.63) is 0 Å². The van der Waals surface area contributed by atoms with E-state index in [1.807, 2.05) is 13.8 Å². The number of carbonyl (C=O) groups excluding carboxylic acids is 1. The minimum Gasteiger partial charge on any atom is -0.481 e. The van der Waals surface area contributed by atoms with Crippen LogP contribution in [0.4, 0.5) is 0 Å². The molecule has 5 nitrogen and oxygen atoms in total. The van der Waals surface area contributed by atoms with Crippen molar-refractivity contribution in [3.63, 3.8) is 0 Å². The van der Waals surface area contributed by atoms with Gasteiger partial charge in [0.2, 0.25) is 5.91 Å². The van der Waals surface area contributed by atoms with Crippen molar-refractivity contribution < 1.29 is 19.4 Å². The molecule has 0 aromatic heterocycles. The predicted molar refractivity (Wildman–Crippen MR) is 67.2 cm³/mol. The van der Waals surface area contributed by atoms with Crippen LogP contribution in [0.3, 0.4) is 0 Å². The van der Waals surface area contributed by atoms with Crippen LogP contribution in [0.15, 0.2) is 0 Å². The van der Waals surface area contributed by atoms with E-state index in [0.717, 1.165) is 6.42 Å². The quantitative estimate of drug-likeness (QED) is 0.826. The third kappa shape index (κ3) is 3.45. The van der Waals surface area contributed by atoms with E-state index in [0.29, 0.717) is 26.3 Å². The van der Waals surface area contributed by atoms with E-state index in [-0.39, 0.29) is 18.2 Å². The highest BCUT2D eigenvalue weighted by molar-refractivity contribution is 5.85. The van der Waals surface area contributed by atoms with Crippen LogP contribution in [0.1, 0.15) is 33.6 Å². The minimum atomic E-state index is -0.996. The van der Waals surface area contributed by atoms with Gasteiger partial charge in [-0.05, 0) is 19.3 Å². The Morgan fingerprint density at radius 3 is 2.56 bits per heavy atom. The molecule has 1 unspecified atom stereocenters. The number of amides is 1. The summed E-state index contributed by atoms with van der Waals surface area (Å²) in [6, 6.07) is 0. The Morgan fingerprint density at radius 2 is 2.00 bits per heavy atom. The molecule has 1 rings (SSSR count). The standard InChI is InChI=1S/C13H23NO4/c1-10(2)13(3,12(16)17)9-11(15)14-5-4-7-18-8-6-14/h10H,4-9H2,1-3H3,(H,16,17). The highest BCUT2D eigenvalue weighted by atomic mass is 16.5. The molecular weight excluding hydrogens is 234 g/mol. The molecule has 18 heavy (non-hydrogen) atoms. The number of nitrogens with zero attached hydrogens (tertiary/aromatic N) is 1. The van der Waals surface area contributed by atoms with Gasteiger partial charge in [0, 0.05) is 26.1 Å². The number of ether oxygens (including phenoxy) is 1. The molecule has 5 heteroatoms. The van der Waals surface area contributed by atoms with Crippen molar-refractivity contribution in [2.24, 2.45) is 11.3 Å². The SMILES string of the molecule is CC(C)C(C)(CC(=O)N1CCCOCC1)C(=O)O. The molecule has 1 fully saturated rings. The lowest BCUT2D eigenvalue weighted by molar-refractivity contribution is -0.155. The molecule has 1 aliphatic rings. The van der Waals surface area contributed by atoms with E-state index in [1.54, 1.807) is 11.8 Å². The van der Waals surface area contributed by atoms with Crippen LogP contribution in [-0.2, 0) is 14.3 Å². The molecule has 0 saturated carbocycles. The maximum atomic E-state index is 12.2. The summed E-state index contributed by atoms with van der Waals surface area (Å²) in [7, 11) is 0. The molecule has 0 aromatic rings. The van der Waals surface area contributed by atoms with Gasteiger partial charge in [0.05, 0.1) is 12.0 Å². The van der Waals surface area contributed by atoms with Crippen LogP contribution in [-0.4, -0.2) is 48.2 Å². The second-order valence-electron chi connectivity index (χ2n) is 5.40. The summed E-state index contributed by atoms with van der Waals surface area (Å²) >= 11 is 0. The van der Waals surface area contributed by atoms with Gasteiger partial charge in [-0.1, -0.05) is 13.8 Å². The molecule has 104 valence electrons. The van der Waals surface area contributed by atoms with Crippen molar-refractivity contribution in [1.82, 2.24) is 4.90 Å². The Bertz CT molecular complexity index is 308. The topological polar surface area (TPSA) is 66.8 Å². The lowest BCUT2D eigenvalue weighted by Crippen LogP contribution is -2.41. The molecule has 1 atom stereocenters. The third-order valence-electron chi connectivity index (χ3n) is 3.86. The van der Waals surface area contributed by atoms with Gasteiger partial charge in [-0.2, -0.15) is 0 Å². The van der Waals surface area contributed by atoms with Crippen LogP contribution in [0.25, 0.3) is 0 Å². The van der Waals surface area contributed by atoms with Gasteiger partial charge in [0.15, 0.2) is 0 Å². The van der Waals surface area contributed by atoms with Crippen LogP contribution in [0.2, 0.25) is 0 Å². The fourth-order valence-corrected chi connectivity index (χ4v) is 1.95. The van der Waals surface area contributed by atoms with E-state index < -0.39 is 11.4 Å². The van der Waals surface area contributed by atoms with E-state index in [2.05, 4.69) is 0 Å². The first-order valence-electron chi connectivity index (χ1n) is 6.47. The number of carboxylic acids is 1. The molecule has 1 heterocycles. The molecule has 0 spiro atoms. The number of carbonyl (C=O) groups is 2. The average molecular weight is 257 g/mol. The summed E-state index contributed by atoms with van der Waals surface area (Å²) in [6.45, 7) is 7.76.